The first-order chi connectivity index (χ1) is 12.3. The van der Waals surface area contributed by atoms with E-state index >= 15 is 0 Å². The molecule has 1 N–H and O–H groups in total. The van der Waals surface area contributed by atoms with Gasteiger partial charge in [0.1, 0.15) is 5.75 Å². The summed E-state index contributed by atoms with van der Waals surface area (Å²) in [6, 6.07) is 12.3. The Morgan fingerprint density at radius 1 is 1.00 bits per heavy atom. The van der Waals surface area contributed by atoms with Crippen molar-refractivity contribution in [1.82, 2.24) is 0 Å². The number of carbonyl (C=O) groups excluding carboxylic acids is 2. The summed E-state index contributed by atoms with van der Waals surface area (Å²) in [4.78, 5) is 24.4. The van der Waals surface area contributed by atoms with E-state index < -0.39 is 24.1 Å². The van der Waals surface area contributed by atoms with Gasteiger partial charge in [0.2, 0.25) is 0 Å². The van der Waals surface area contributed by atoms with Crippen molar-refractivity contribution in [2.75, 3.05) is 5.32 Å². The van der Waals surface area contributed by atoms with E-state index in [1.54, 1.807) is 31.2 Å². The summed E-state index contributed by atoms with van der Waals surface area (Å²) in [5.74, 6) is -0.529. The van der Waals surface area contributed by atoms with Crippen LogP contribution >= 0.6 is 11.6 Å². The molecule has 0 aliphatic carbocycles. The third-order valence-electron chi connectivity index (χ3n) is 3.76. The number of aryl methyl sites for hydroxylation is 2. The number of carbonyl (C=O) groups is 2. The third-order valence-corrected chi connectivity index (χ3v) is 4.01. The van der Waals surface area contributed by atoms with Gasteiger partial charge in [0.05, 0.1) is 0 Å². The van der Waals surface area contributed by atoms with Crippen LogP contribution in [0.4, 0.5) is 5.69 Å². The smallest absolute Gasteiger partial charge is 0.347 e. The molecule has 0 heterocycles. The predicted molar refractivity (Wildman–Crippen MR) is 102 cm³/mol. The lowest BCUT2D eigenvalue weighted by Gasteiger charge is -2.18. The minimum atomic E-state index is -0.945. The second-order valence-corrected chi connectivity index (χ2v) is 6.54. The standard InChI is InChI=1S/C20H22ClNO4/c1-12-5-10-18(13(2)11-12)22-19(23)14(3)26-20(24)15(4)25-17-8-6-16(21)7-9-17/h5-11,14-15H,1-4H3,(H,22,23)/t14-,15+/m1/s1. The fourth-order valence-electron chi connectivity index (χ4n) is 2.28. The van der Waals surface area contributed by atoms with Crippen LogP contribution in [0.25, 0.3) is 0 Å². The Labute approximate surface area is 158 Å². The van der Waals surface area contributed by atoms with Gasteiger partial charge in [-0.15, -0.1) is 0 Å². The van der Waals surface area contributed by atoms with Gasteiger partial charge in [-0.1, -0.05) is 29.3 Å². The normalized spacial score (nSPS) is 12.8. The Morgan fingerprint density at radius 3 is 2.27 bits per heavy atom. The molecule has 2 atom stereocenters. The van der Waals surface area contributed by atoms with E-state index in [9.17, 15) is 9.59 Å². The Hall–Kier alpha value is -2.53. The molecule has 2 aromatic carbocycles. The van der Waals surface area contributed by atoms with E-state index in [0.717, 1.165) is 11.1 Å². The van der Waals surface area contributed by atoms with E-state index in [1.165, 1.54) is 6.92 Å². The van der Waals surface area contributed by atoms with Gasteiger partial charge in [-0.3, -0.25) is 4.79 Å². The van der Waals surface area contributed by atoms with Crippen molar-refractivity contribution < 1.29 is 19.1 Å². The van der Waals surface area contributed by atoms with E-state index in [-0.39, 0.29) is 0 Å². The highest BCUT2D eigenvalue weighted by Gasteiger charge is 2.23. The number of esters is 1. The van der Waals surface area contributed by atoms with Gasteiger partial charge in [-0.2, -0.15) is 0 Å². The lowest BCUT2D eigenvalue weighted by molar-refractivity contribution is -0.159. The number of halogens is 1. The maximum Gasteiger partial charge on any atom is 0.347 e. The van der Waals surface area contributed by atoms with Crippen LogP contribution in [0.2, 0.25) is 5.02 Å². The van der Waals surface area contributed by atoms with Gasteiger partial charge >= 0.3 is 5.97 Å². The Morgan fingerprint density at radius 2 is 1.65 bits per heavy atom. The molecule has 0 unspecified atom stereocenters. The highest BCUT2D eigenvalue weighted by atomic mass is 35.5. The van der Waals surface area contributed by atoms with Gasteiger partial charge in [0.15, 0.2) is 12.2 Å². The quantitative estimate of drug-likeness (QED) is 0.765. The fourth-order valence-corrected chi connectivity index (χ4v) is 2.40. The zero-order valence-corrected chi connectivity index (χ0v) is 16.0. The van der Waals surface area contributed by atoms with Crippen molar-refractivity contribution in [1.29, 1.82) is 0 Å². The van der Waals surface area contributed by atoms with Crippen molar-refractivity contribution in [2.45, 2.75) is 39.9 Å². The molecular formula is C20H22ClNO4. The maximum absolute atomic E-state index is 12.3. The van der Waals surface area contributed by atoms with Crippen LogP contribution < -0.4 is 10.1 Å². The molecule has 0 radical (unpaired) electrons. The van der Waals surface area contributed by atoms with Crippen molar-refractivity contribution in [3.63, 3.8) is 0 Å². The number of rotatable bonds is 6. The molecule has 2 aromatic rings. The lowest BCUT2D eigenvalue weighted by atomic mass is 10.1. The van der Waals surface area contributed by atoms with E-state index in [1.807, 2.05) is 32.0 Å². The van der Waals surface area contributed by atoms with Crippen molar-refractivity contribution in [3.8, 4) is 5.75 Å². The number of nitrogens with one attached hydrogen (secondary N) is 1. The highest BCUT2D eigenvalue weighted by molar-refractivity contribution is 6.30. The largest absolute Gasteiger partial charge is 0.479 e. The minimum absolute atomic E-state index is 0.399. The average molecular weight is 376 g/mol. The Bertz CT molecular complexity index is 789. The first-order valence-electron chi connectivity index (χ1n) is 8.27. The molecule has 0 aliphatic rings. The minimum Gasteiger partial charge on any atom is -0.479 e. The third kappa shape index (κ3) is 5.49. The number of ether oxygens (including phenoxy) is 2. The first kappa shape index (κ1) is 19.8. The van der Waals surface area contributed by atoms with Gasteiger partial charge in [-0.25, -0.2) is 4.79 Å². The number of benzene rings is 2. The summed E-state index contributed by atoms with van der Waals surface area (Å²) >= 11 is 5.81. The molecule has 0 fully saturated rings. The van der Waals surface area contributed by atoms with Crippen LogP contribution in [0, 0.1) is 13.8 Å². The Kier molecular flexibility index (Phi) is 6.64. The van der Waals surface area contributed by atoms with Gasteiger partial charge in [0.25, 0.3) is 5.91 Å². The van der Waals surface area contributed by atoms with Crippen LogP contribution in [-0.4, -0.2) is 24.1 Å². The van der Waals surface area contributed by atoms with Crippen LogP contribution in [-0.2, 0) is 14.3 Å². The molecule has 0 aromatic heterocycles. The van der Waals surface area contributed by atoms with Gasteiger partial charge < -0.3 is 14.8 Å². The van der Waals surface area contributed by atoms with Crippen molar-refractivity contribution in [3.05, 3.63) is 58.6 Å². The molecule has 0 aliphatic heterocycles. The molecule has 0 saturated carbocycles. The second kappa shape index (κ2) is 8.72. The van der Waals surface area contributed by atoms with E-state index in [0.29, 0.717) is 16.5 Å². The Balaban J connectivity index is 1.90. The predicted octanol–water partition coefficient (Wildman–Crippen LogP) is 4.29. The van der Waals surface area contributed by atoms with E-state index in [4.69, 9.17) is 21.1 Å². The van der Waals surface area contributed by atoms with Crippen LogP contribution in [0.1, 0.15) is 25.0 Å². The van der Waals surface area contributed by atoms with Crippen molar-refractivity contribution >= 4 is 29.2 Å². The number of hydrogen-bond donors (Lipinski definition) is 1. The number of anilines is 1. The molecule has 0 spiro atoms. The summed E-state index contributed by atoms with van der Waals surface area (Å²) in [5, 5.41) is 3.34. The van der Waals surface area contributed by atoms with Gasteiger partial charge in [0, 0.05) is 10.7 Å². The lowest BCUT2D eigenvalue weighted by Crippen LogP contribution is -2.35. The van der Waals surface area contributed by atoms with Gasteiger partial charge in [-0.05, 0) is 63.6 Å². The summed E-state index contributed by atoms with van der Waals surface area (Å²) < 4.78 is 10.7. The van der Waals surface area contributed by atoms with Crippen LogP contribution in [0.3, 0.4) is 0 Å². The molecule has 0 saturated heterocycles. The van der Waals surface area contributed by atoms with E-state index in [2.05, 4.69) is 5.32 Å². The highest BCUT2D eigenvalue weighted by Crippen LogP contribution is 2.18. The van der Waals surface area contributed by atoms with Crippen LogP contribution in [0.5, 0.6) is 5.75 Å². The summed E-state index contributed by atoms with van der Waals surface area (Å²) in [6.45, 7) is 6.96. The number of hydrogen-bond acceptors (Lipinski definition) is 4. The number of amides is 1. The summed E-state index contributed by atoms with van der Waals surface area (Å²) in [7, 11) is 0. The zero-order chi connectivity index (χ0) is 19.3. The molecule has 1 amide bonds. The molecule has 138 valence electrons. The molecular weight excluding hydrogens is 354 g/mol. The summed E-state index contributed by atoms with van der Waals surface area (Å²) in [5.41, 5.74) is 2.73. The average Bonchev–Trinajstić information content (AvgIpc) is 2.59. The zero-order valence-electron chi connectivity index (χ0n) is 15.2. The SMILES string of the molecule is Cc1ccc(NC(=O)[C@@H](C)OC(=O)[C@H](C)Oc2ccc(Cl)cc2)c(C)c1. The second-order valence-electron chi connectivity index (χ2n) is 6.10. The molecule has 6 heteroatoms. The monoisotopic (exact) mass is 375 g/mol. The fraction of sp³-hybridized carbons (Fsp3) is 0.300. The molecule has 5 nitrogen and oxygen atoms in total. The molecule has 26 heavy (non-hydrogen) atoms. The van der Waals surface area contributed by atoms with Crippen LogP contribution in [0.15, 0.2) is 42.5 Å². The first-order valence-corrected chi connectivity index (χ1v) is 8.65. The molecule has 0 bridgehead atoms. The molecule has 2 rings (SSSR count). The topological polar surface area (TPSA) is 64.6 Å². The summed E-state index contributed by atoms with van der Waals surface area (Å²) in [6.07, 6.45) is -1.80. The maximum atomic E-state index is 12.3. The van der Waals surface area contributed by atoms with Crippen molar-refractivity contribution in [2.24, 2.45) is 0 Å².